The number of hydrogen-bond acceptors (Lipinski definition) is 3. The molecule has 0 saturated heterocycles. The third-order valence-electron chi connectivity index (χ3n) is 3.39. The van der Waals surface area contributed by atoms with Gasteiger partial charge in [0.15, 0.2) is 0 Å². The maximum atomic E-state index is 4.32. The molecule has 0 aromatic carbocycles. The molecule has 1 saturated carbocycles. The van der Waals surface area contributed by atoms with E-state index in [1.54, 1.807) is 0 Å². The molecular weight excluding hydrogens is 198 g/mol. The van der Waals surface area contributed by atoms with Crippen LogP contribution in [0.1, 0.15) is 18.9 Å². The summed E-state index contributed by atoms with van der Waals surface area (Å²) < 4.78 is 0. The molecule has 1 fully saturated rings. The third kappa shape index (κ3) is 2.73. The van der Waals surface area contributed by atoms with Gasteiger partial charge < -0.3 is 10.2 Å². The van der Waals surface area contributed by atoms with Gasteiger partial charge in [-0.25, -0.2) is 4.98 Å². The van der Waals surface area contributed by atoms with Crippen molar-refractivity contribution in [1.82, 2.24) is 9.88 Å². The van der Waals surface area contributed by atoms with Crippen LogP contribution in [0.15, 0.2) is 18.3 Å². The molecule has 0 radical (unpaired) electrons. The highest BCUT2D eigenvalue weighted by atomic mass is 15.1. The SMILES string of the molecule is CNc1ncccc1CN(C)CC1CC1C. The highest BCUT2D eigenvalue weighted by Crippen LogP contribution is 2.38. The fourth-order valence-electron chi connectivity index (χ4n) is 2.20. The van der Waals surface area contributed by atoms with Crippen LogP contribution < -0.4 is 5.32 Å². The van der Waals surface area contributed by atoms with E-state index in [-0.39, 0.29) is 0 Å². The maximum Gasteiger partial charge on any atom is 0.130 e. The van der Waals surface area contributed by atoms with Gasteiger partial charge in [-0.05, 0) is 31.4 Å². The van der Waals surface area contributed by atoms with Gasteiger partial charge in [0.2, 0.25) is 0 Å². The van der Waals surface area contributed by atoms with Crippen LogP contribution >= 0.6 is 0 Å². The number of anilines is 1. The number of nitrogens with one attached hydrogen (secondary N) is 1. The highest BCUT2D eigenvalue weighted by Gasteiger charge is 2.33. The summed E-state index contributed by atoms with van der Waals surface area (Å²) in [7, 11) is 4.12. The summed E-state index contributed by atoms with van der Waals surface area (Å²) in [4.78, 5) is 6.72. The van der Waals surface area contributed by atoms with Crippen LogP contribution in [0.25, 0.3) is 0 Å². The zero-order chi connectivity index (χ0) is 11.5. The second-order valence-corrected chi connectivity index (χ2v) is 4.93. The van der Waals surface area contributed by atoms with E-state index in [9.17, 15) is 0 Å². The van der Waals surface area contributed by atoms with Gasteiger partial charge in [-0.2, -0.15) is 0 Å². The normalized spacial score (nSPS) is 23.5. The summed E-state index contributed by atoms with van der Waals surface area (Å²) in [6, 6.07) is 4.15. The van der Waals surface area contributed by atoms with E-state index in [0.29, 0.717) is 0 Å². The Hall–Kier alpha value is -1.09. The van der Waals surface area contributed by atoms with Gasteiger partial charge in [-0.15, -0.1) is 0 Å². The fraction of sp³-hybridized carbons (Fsp3) is 0.615. The number of rotatable bonds is 5. The van der Waals surface area contributed by atoms with E-state index < -0.39 is 0 Å². The summed E-state index contributed by atoms with van der Waals surface area (Å²) in [5.41, 5.74) is 1.28. The average molecular weight is 219 g/mol. The molecule has 3 nitrogen and oxygen atoms in total. The first-order valence-electron chi connectivity index (χ1n) is 6.01. The lowest BCUT2D eigenvalue weighted by atomic mass is 10.2. The van der Waals surface area contributed by atoms with Gasteiger partial charge in [0.1, 0.15) is 5.82 Å². The summed E-state index contributed by atoms with van der Waals surface area (Å²) in [6.07, 6.45) is 3.23. The van der Waals surface area contributed by atoms with E-state index in [2.05, 4.69) is 35.2 Å². The van der Waals surface area contributed by atoms with E-state index in [1.165, 1.54) is 18.5 Å². The van der Waals surface area contributed by atoms with Crippen molar-refractivity contribution in [3.05, 3.63) is 23.9 Å². The molecule has 0 spiro atoms. The maximum absolute atomic E-state index is 4.32. The zero-order valence-electron chi connectivity index (χ0n) is 10.4. The Morgan fingerprint density at radius 3 is 2.94 bits per heavy atom. The molecule has 3 heteroatoms. The predicted molar refractivity (Wildman–Crippen MR) is 67.4 cm³/mol. The Kier molecular flexibility index (Phi) is 3.44. The number of aromatic nitrogens is 1. The Morgan fingerprint density at radius 2 is 2.31 bits per heavy atom. The summed E-state index contributed by atoms with van der Waals surface area (Å²) in [5.74, 6) is 2.85. The van der Waals surface area contributed by atoms with E-state index in [4.69, 9.17) is 0 Å². The first kappa shape index (κ1) is 11.4. The minimum absolute atomic E-state index is 0.916. The lowest BCUT2D eigenvalue weighted by molar-refractivity contribution is 0.308. The summed E-state index contributed by atoms with van der Waals surface area (Å²) in [5, 5.41) is 3.14. The van der Waals surface area contributed by atoms with Gasteiger partial charge in [-0.1, -0.05) is 13.0 Å². The summed E-state index contributed by atoms with van der Waals surface area (Å²) >= 11 is 0. The van der Waals surface area contributed by atoms with Gasteiger partial charge in [0.05, 0.1) is 0 Å². The van der Waals surface area contributed by atoms with E-state index >= 15 is 0 Å². The Bertz CT molecular complexity index is 351. The van der Waals surface area contributed by atoms with Gasteiger partial charge >= 0.3 is 0 Å². The van der Waals surface area contributed by atoms with Gasteiger partial charge in [0.25, 0.3) is 0 Å². The van der Waals surface area contributed by atoms with Crippen molar-refractivity contribution in [3.8, 4) is 0 Å². The molecule has 1 N–H and O–H groups in total. The van der Waals surface area contributed by atoms with E-state index in [0.717, 1.165) is 24.2 Å². The number of pyridine rings is 1. The Balaban J connectivity index is 1.92. The van der Waals surface area contributed by atoms with Gasteiger partial charge in [0, 0.05) is 31.9 Å². The Morgan fingerprint density at radius 1 is 1.56 bits per heavy atom. The molecule has 88 valence electrons. The molecule has 2 atom stereocenters. The van der Waals surface area contributed by atoms with Crippen molar-refractivity contribution < 1.29 is 0 Å². The van der Waals surface area contributed by atoms with Crippen LogP contribution in [0.5, 0.6) is 0 Å². The molecule has 0 bridgehead atoms. The quantitative estimate of drug-likeness (QED) is 0.823. The minimum atomic E-state index is 0.916. The second-order valence-electron chi connectivity index (χ2n) is 4.93. The molecule has 1 heterocycles. The predicted octanol–water partition coefficient (Wildman–Crippen LogP) is 2.21. The van der Waals surface area contributed by atoms with Crippen LogP contribution in [0, 0.1) is 11.8 Å². The second kappa shape index (κ2) is 4.83. The van der Waals surface area contributed by atoms with Crippen LogP contribution in [-0.4, -0.2) is 30.5 Å². The molecule has 0 amide bonds. The molecule has 2 unspecified atom stereocenters. The van der Waals surface area contributed by atoms with Crippen LogP contribution in [-0.2, 0) is 6.54 Å². The smallest absolute Gasteiger partial charge is 0.130 e. The van der Waals surface area contributed by atoms with Crippen molar-refractivity contribution in [2.75, 3.05) is 26.0 Å². The van der Waals surface area contributed by atoms with Crippen molar-refractivity contribution >= 4 is 5.82 Å². The number of nitrogens with zero attached hydrogens (tertiary/aromatic N) is 2. The topological polar surface area (TPSA) is 28.2 Å². The Labute approximate surface area is 97.9 Å². The zero-order valence-corrected chi connectivity index (χ0v) is 10.4. The molecular formula is C13H21N3. The molecule has 16 heavy (non-hydrogen) atoms. The molecule has 1 aliphatic carbocycles. The van der Waals surface area contributed by atoms with Crippen molar-refractivity contribution in [2.45, 2.75) is 19.9 Å². The first-order chi connectivity index (χ1) is 7.70. The number of hydrogen-bond donors (Lipinski definition) is 1. The van der Waals surface area contributed by atoms with Crippen LogP contribution in [0.4, 0.5) is 5.82 Å². The van der Waals surface area contributed by atoms with Crippen molar-refractivity contribution in [3.63, 3.8) is 0 Å². The van der Waals surface area contributed by atoms with Crippen LogP contribution in [0.3, 0.4) is 0 Å². The minimum Gasteiger partial charge on any atom is -0.373 e. The fourth-order valence-corrected chi connectivity index (χ4v) is 2.20. The summed E-state index contributed by atoms with van der Waals surface area (Å²) in [6.45, 7) is 4.52. The van der Waals surface area contributed by atoms with Crippen LogP contribution in [0.2, 0.25) is 0 Å². The molecule has 1 aromatic heterocycles. The lowest BCUT2D eigenvalue weighted by Gasteiger charge is -2.18. The molecule has 1 aliphatic rings. The monoisotopic (exact) mass is 219 g/mol. The standard InChI is InChI=1S/C13H21N3/c1-10-7-12(10)9-16(3)8-11-5-4-6-15-13(11)14-2/h4-6,10,12H,7-9H2,1-3H3,(H,14,15). The molecule has 1 aromatic rings. The molecule has 0 aliphatic heterocycles. The average Bonchev–Trinajstić information content (AvgIpc) is 2.94. The van der Waals surface area contributed by atoms with E-state index in [1.807, 2.05) is 19.3 Å². The largest absolute Gasteiger partial charge is 0.373 e. The first-order valence-corrected chi connectivity index (χ1v) is 6.01. The molecule has 2 rings (SSSR count). The van der Waals surface area contributed by atoms with Crippen molar-refractivity contribution in [2.24, 2.45) is 11.8 Å². The van der Waals surface area contributed by atoms with Crippen molar-refractivity contribution in [1.29, 1.82) is 0 Å². The lowest BCUT2D eigenvalue weighted by Crippen LogP contribution is -2.21. The highest BCUT2D eigenvalue weighted by molar-refractivity contribution is 5.42. The third-order valence-corrected chi connectivity index (χ3v) is 3.39. The van der Waals surface area contributed by atoms with Gasteiger partial charge in [-0.3, -0.25) is 0 Å².